The highest BCUT2D eigenvalue weighted by molar-refractivity contribution is 6.02. The van der Waals surface area contributed by atoms with Crippen LogP contribution >= 0.6 is 0 Å². The van der Waals surface area contributed by atoms with E-state index in [1.807, 2.05) is 46.2 Å². The van der Waals surface area contributed by atoms with E-state index in [2.05, 4.69) is 72.6 Å². The van der Waals surface area contributed by atoms with Gasteiger partial charge < -0.3 is 15.1 Å². The highest BCUT2D eigenvalue weighted by atomic mass is 19.1. The van der Waals surface area contributed by atoms with Crippen LogP contribution in [0.3, 0.4) is 0 Å². The van der Waals surface area contributed by atoms with E-state index in [-0.39, 0.29) is 35.5 Å². The zero-order chi connectivity index (χ0) is 32.5. The van der Waals surface area contributed by atoms with E-state index < -0.39 is 6.04 Å². The van der Waals surface area contributed by atoms with Crippen molar-refractivity contribution >= 4 is 23.1 Å². The standard InChI is InChI=1S/C40H41FN4O2/c1-40(2)25-33-37(35(46)26-40)39(30-17-9-10-18-31(30)41)45(34-20-12-11-19-32(34)42-33)27-36(47)43-21-23-44(24-22-43)38(28-13-5-3-6-14-28)29-15-7-4-8-16-29/h3-20,38-39,42H,21-27H2,1-2H3. The predicted octanol–water partition coefficient (Wildman–Crippen LogP) is 7.38. The number of ketones is 1. The molecule has 0 aromatic heterocycles. The van der Waals surface area contributed by atoms with Crippen molar-refractivity contribution in [2.24, 2.45) is 5.41 Å². The first kappa shape index (κ1) is 30.9. The molecule has 0 saturated carbocycles. The van der Waals surface area contributed by atoms with Crippen LogP contribution in [0.25, 0.3) is 0 Å². The van der Waals surface area contributed by atoms with Crippen LogP contribution in [0.15, 0.2) is 120 Å². The summed E-state index contributed by atoms with van der Waals surface area (Å²) in [6, 6.07) is 34.8. The highest BCUT2D eigenvalue weighted by Gasteiger charge is 2.43. The Bertz CT molecular complexity index is 1760. The molecule has 2 aliphatic heterocycles. The molecule has 1 saturated heterocycles. The Balaban J connectivity index is 1.20. The Morgan fingerprint density at radius 3 is 2.06 bits per heavy atom. The lowest BCUT2D eigenvalue weighted by molar-refractivity contribution is -0.131. The molecule has 4 aromatic carbocycles. The molecule has 1 atom stereocenters. The number of halogens is 1. The van der Waals surface area contributed by atoms with Gasteiger partial charge in [-0.1, -0.05) is 105 Å². The van der Waals surface area contributed by atoms with E-state index in [1.54, 1.807) is 18.2 Å². The number of allylic oxidation sites excluding steroid dienone is 1. The SMILES string of the molecule is CC1(C)CC(=O)C2=C(C1)Nc1ccccc1N(CC(=O)N1CCN(C(c3ccccc3)c3ccccc3)CC1)C2c1ccccc1F. The number of amides is 1. The van der Waals surface area contributed by atoms with Gasteiger partial charge in [-0.15, -0.1) is 0 Å². The fraction of sp³-hybridized carbons (Fsp3) is 0.300. The second-order valence-corrected chi connectivity index (χ2v) is 13.7. The summed E-state index contributed by atoms with van der Waals surface area (Å²) in [6.45, 7) is 6.79. The van der Waals surface area contributed by atoms with Gasteiger partial charge in [0.15, 0.2) is 5.78 Å². The Kier molecular flexibility index (Phi) is 8.41. The lowest BCUT2D eigenvalue weighted by atomic mass is 9.73. The fourth-order valence-electron chi connectivity index (χ4n) is 7.61. The molecule has 2 heterocycles. The number of Topliss-reactive ketones (excluding diaryl/α,β-unsaturated/α-hetero) is 1. The third-order valence-electron chi connectivity index (χ3n) is 9.77. The number of carbonyl (C=O) groups excluding carboxylic acids is 2. The smallest absolute Gasteiger partial charge is 0.242 e. The number of benzene rings is 4. The van der Waals surface area contributed by atoms with Crippen LogP contribution in [-0.2, 0) is 9.59 Å². The van der Waals surface area contributed by atoms with Crippen molar-refractivity contribution < 1.29 is 14.0 Å². The summed E-state index contributed by atoms with van der Waals surface area (Å²) in [5, 5.41) is 3.56. The third-order valence-corrected chi connectivity index (χ3v) is 9.77. The van der Waals surface area contributed by atoms with Gasteiger partial charge in [-0.2, -0.15) is 0 Å². The van der Waals surface area contributed by atoms with Crippen LogP contribution in [-0.4, -0.2) is 54.2 Å². The molecule has 1 amide bonds. The van der Waals surface area contributed by atoms with E-state index in [4.69, 9.17) is 0 Å². The number of carbonyl (C=O) groups is 2. The Morgan fingerprint density at radius 1 is 0.809 bits per heavy atom. The lowest BCUT2D eigenvalue weighted by Crippen LogP contribution is -2.52. The zero-order valence-corrected chi connectivity index (χ0v) is 27.0. The molecule has 3 aliphatic rings. The average Bonchev–Trinajstić information content (AvgIpc) is 3.20. The predicted molar refractivity (Wildman–Crippen MR) is 184 cm³/mol. The Morgan fingerprint density at radius 2 is 1.40 bits per heavy atom. The van der Waals surface area contributed by atoms with Crippen LogP contribution < -0.4 is 10.2 Å². The summed E-state index contributed by atoms with van der Waals surface area (Å²) < 4.78 is 15.7. The number of hydrogen-bond acceptors (Lipinski definition) is 5. The monoisotopic (exact) mass is 628 g/mol. The zero-order valence-electron chi connectivity index (χ0n) is 27.0. The van der Waals surface area contributed by atoms with E-state index in [1.165, 1.54) is 17.2 Å². The molecule has 4 aromatic rings. The molecule has 0 spiro atoms. The molecule has 1 fully saturated rings. The maximum absolute atomic E-state index is 15.7. The van der Waals surface area contributed by atoms with Gasteiger partial charge in [0.1, 0.15) is 5.82 Å². The van der Waals surface area contributed by atoms with Crippen molar-refractivity contribution in [3.8, 4) is 0 Å². The van der Waals surface area contributed by atoms with E-state index in [0.717, 1.165) is 30.2 Å². The second kappa shape index (κ2) is 12.8. The first-order chi connectivity index (χ1) is 22.8. The summed E-state index contributed by atoms with van der Waals surface area (Å²) in [5.41, 5.74) is 5.57. The number of piperazine rings is 1. The molecular weight excluding hydrogens is 587 g/mol. The van der Waals surface area contributed by atoms with Gasteiger partial charge in [0, 0.05) is 49.4 Å². The first-order valence-corrected chi connectivity index (χ1v) is 16.5. The number of nitrogens with one attached hydrogen (secondary N) is 1. The Hall–Kier alpha value is -4.75. The van der Waals surface area contributed by atoms with Crippen LogP contribution in [0.4, 0.5) is 15.8 Å². The molecule has 7 heteroatoms. The largest absolute Gasteiger partial charge is 0.357 e. The minimum absolute atomic E-state index is 0.0104. The van der Waals surface area contributed by atoms with E-state index >= 15 is 4.39 Å². The van der Waals surface area contributed by atoms with Crippen molar-refractivity contribution in [1.82, 2.24) is 9.80 Å². The number of fused-ring (bicyclic) bond motifs is 1. The molecule has 7 rings (SSSR count). The van der Waals surface area contributed by atoms with Gasteiger partial charge in [-0.25, -0.2) is 4.39 Å². The van der Waals surface area contributed by atoms with Gasteiger partial charge in [0.25, 0.3) is 0 Å². The minimum atomic E-state index is -0.739. The number of anilines is 2. The van der Waals surface area contributed by atoms with Crippen molar-refractivity contribution in [2.45, 2.75) is 38.8 Å². The lowest BCUT2D eigenvalue weighted by Gasteiger charge is -2.41. The minimum Gasteiger partial charge on any atom is -0.357 e. The van der Waals surface area contributed by atoms with Crippen molar-refractivity contribution in [2.75, 3.05) is 42.9 Å². The number of para-hydroxylation sites is 2. The van der Waals surface area contributed by atoms with Crippen molar-refractivity contribution in [1.29, 1.82) is 0 Å². The van der Waals surface area contributed by atoms with E-state index in [9.17, 15) is 9.59 Å². The molecule has 1 unspecified atom stereocenters. The van der Waals surface area contributed by atoms with Crippen molar-refractivity contribution in [3.63, 3.8) is 0 Å². The second-order valence-electron chi connectivity index (χ2n) is 13.7. The van der Waals surface area contributed by atoms with Gasteiger partial charge >= 0.3 is 0 Å². The quantitative estimate of drug-likeness (QED) is 0.242. The molecule has 0 radical (unpaired) electrons. The molecule has 47 heavy (non-hydrogen) atoms. The summed E-state index contributed by atoms with van der Waals surface area (Å²) >= 11 is 0. The maximum atomic E-state index is 15.7. The van der Waals surface area contributed by atoms with Gasteiger partial charge in [0.05, 0.1) is 30.0 Å². The van der Waals surface area contributed by atoms with E-state index in [0.29, 0.717) is 37.1 Å². The summed E-state index contributed by atoms with van der Waals surface area (Å²) in [7, 11) is 0. The molecule has 1 N–H and O–H groups in total. The van der Waals surface area contributed by atoms with Crippen molar-refractivity contribution in [3.05, 3.63) is 143 Å². The number of hydrogen-bond donors (Lipinski definition) is 1. The third kappa shape index (κ3) is 6.20. The molecule has 1 aliphatic carbocycles. The van der Waals surface area contributed by atoms with Crippen LogP contribution in [0.5, 0.6) is 0 Å². The van der Waals surface area contributed by atoms with Gasteiger partial charge in [0.2, 0.25) is 5.91 Å². The normalized spacial score (nSPS) is 19.6. The molecule has 6 nitrogen and oxygen atoms in total. The van der Waals surface area contributed by atoms with Crippen LogP contribution in [0, 0.1) is 11.2 Å². The fourth-order valence-corrected chi connectivity index (χ4v) is 7.61. The number of rotatable bonds is 6. The molecular formula is C40H41FN4O2. The maximum Gasteiger partial charge on any atom is 0.242 e. The summed E-state index contributed by atoms with van der Waals surface area (Å²) in [4.78, 5) is 34.5. The number of nitrogens with zero attached hydrogens (tertiary/aromatic N) is 3. The first-order valence-electron chi connectivity index (χ1n) is 16.5. The Labute approximate surface area is 276 Å². The van der Waals surface area contributed by atoms with Crippen LogP contribution in [0.2, 0.25) is 0 Å². The van der Waals surface area contributed by atoms with Crippen LogP contribution in [0.1, 0.15) is 55.5 Å². The van der Waals surface area contributed by atoms with Gasteiger partial charge in [-0.3, -0.25) is 14.5 Å². The molecule has 0 bridgehead atoms. The average molecular weight is 629 g/mol. The summed E-state index contributed by atoms with van der Waals surface area (Å²) in [6.07, 6.45) is 1.02. The summed E-state index contributed by atoms with van der Waals surface area (Å²) in [5.74, 6) is -0.437. The molecule has 240 valence electrons. The highest BCUT2D eigenvalue weighted by Crippen LogP contribution is 2.48. The topological polar surface area (TPSA) is 55.9 Å². The van der Waals surface area contributed by atoms with Gasteiger partial charge in [-0.05, 0) is 41.2 Å².